The number of hydrogen-bond donors (Lipinski definition) is 1. The predicted molar refractivity (Wildman–Crippen MR) is 72.2 cm³/mol. The molecule has 1 aromatic heterocycles. The zero-order valence-electron chi connectivity index (χ0n) is 11.2. The molecule has 2 rings (SSSR count). The van der Waals surface area contributed by atoms with Crippen LogP contribution >= 0.6 is 0 Å². The fourth-order valence-electron chi connectivity index (χ4n) is 1.86. The molecule has 2 aromatic rings. The second kappa shape index (κ2) is 7.12. The lowest BCUT2D eigenvalue weighted by Crippen LogP contribution is -2.34. The number of pyridine rings is 1. The van der Waals surface area contributed by atoms with Gasteiger partial charge in [0, 0.05) is 11.1 Å². The summed E-state index contributed by atoms with van der Waals surface area (Å²) in [6.07, 6.45) is 3.38. The fraction of sp³-hybridized carbons (Fsp3) is 0.267. The molecule has 0 aliphatic rings. The highest BCUT2D eigenvalue weighted by Crippen LogP contribution is 2.16. The van der Waals surface area contributed by atoms with Gasteiger partial charge in [-0.15, -0.1) is 0 Å². The van der Waals surface area contributed by atoms with Gasteiger partial charge in [0.1, 0.15) is 0 Å². The van der Waals surface area contributed by atoms with Crippen LogP contribution in [0.15, 0.2) is 48.8 Å². The molecule has 3 nitrogen and oxygen atoms in total. The van der Waals surface area contributed by atoms with Crippen molar-refractivity contribution in [2.45, 2.75) is 19.6 Å². The Balaban J connectivity index is 0.00000180. The van der Waals surface area contributed by atoms with Crippen molar-refractivity contribution in [1.29, 1.82) is 0 Å². The molecule has 1 N–H and O–H groups in total. The van der Waals surface area contributed by atoms with Gasteiger partial charge in [-0.1, -0.05) is 30.3 Å². The first-order valence-electron chi connectivity index (χ1n) is 5.99. The average Bonchev–Trinajstić information content (AvgIpc) is 2.39. The second-order valence-electron chi connectivity index (χ2n) is 4.34. The number of aromatic nitrogens is 1. The van der Waals surface area contributed by atoms with E-state index in [9.17, 15) is 5.11 Å². The zero-order chi connectivity index (χ0) is 13.0. The summed E-state index contributed by atoms with van der Waals surface area (Å²) >= 11 is 0. The van der Waals surface area contributed by atoms with E-state index in [1.54, 1.807) is 14.0 Å². The van der Waals surface area contributed by atoms with Crippen LogP contribution in [0.4, 0.5) is 0 Å². The van der Waals surface area contributed by atoms with Crippen LogP contribution in [0.1, 0.15) is 24.2 Å². The first kappa shape index (κ1) is 15.5. The van der Waals surface area contributed by atoms with E-state index in [4.69, 9.17) is 4.74 Å². The maximum absolute atomic E-state index is 9.67. The highest BCUT2D eigenvalue weighted by Gasteiger charge is 2.12. The van der Waals surface area contributed by atoms with E-state index >= 15 is 0 Å². The molecule has 1 unspecified atom stereocenters. The smallest absolute Gasteiger partial charge is 0.211 e. The molecule has 0 saturated carbocycles. The van der Waals surface area contributed by atoms with Gasteiger partial charge in [-0.2, -0.15) is 4.57 Å². The van der Waals surface area contributed by atoms with Crippen LogP contribution in [-0.2, 0) is 6.54 Å². The lowest BCUT2D eigenvalue weighted by atomic mass is 10.1. The zero-order valence-corrected chi connectivity index (χ0v) is 12.0. The van der Waals surface area contributed by atoms with Crippen LogP contribution in [0.25, 0.3) is 0 Å². The van der Waals surface area contributed by atoms with E-state index in [1.165, 1.54) is 5.56 Å². The second-order valence-corrected chi connectivity index (χ2v) is 4.34. The topological polar surface area (TPSA) is 33.3 Å². The van der Waals surface area contributed by atoms with Gasteiger partial charge in [0.15, 0.2) is 18.5 Å². The first-order valence-corrected chi connectivity index (χ1v) is 5.99. The summed E-state index contributed by atoms with van der Waals surface area (Å²) in [4.78, 5) is 0. The van der Waals surface area contributed by atoms with Crippen LogP contribution < -0.4 is 9.30 Å². The van der Waals surface area contributed by atoms with Crippen molar-refractivity contribution >= 4 is 0 Å². The summed E-state index contributed by atoms with van der Waals surface area (Å²) in [5, 5.41) is 9.67. The van der Waals surface area contributed by atoms with Crippen molar-refractivity contribution in [3.05, 3.63) is 59.9 Å². The highest BCUT2D eigenvalue weighted by molar-refractivity contribution is 5.22. The SMILES string of the molecule is COc1cc(C(C)O)c[n+](Cc2ccccc2)c1.[ClH2+]. The Kier molecular flexibility index (Phi) is 5.80. The molecule has 19 heavy (non-hydrogen) atoms. The maximum Gasteiger partial charge on any atom is 0.211 e. The van der Waals surface area contributed by atoms with E-state index in [-0.39, 0.29) is 12.4 Å². The maximum atomic E-state index is 9.67. The van der Waals surface area contributed by atoms with Gasteiger partial charge < -0.3 is 9.84 Å². The van der Waals surface area contributed by atoms with Gasteiger partial charge in [0.25, 0.3) is 0 Å². The van der Waals surface area contributed by atoms with Gasteiger partial charge in [-0.25, -0.2) is 0 Å². The Bertz CT molecular complexity index is 515. The average molecular weight is 282 g/mol. The molecule has 102 valence electrons. The number of nitrogens with zero attached hydrogens (tertiary/aromatic N) is 1. The normalized spacial score (nSPS) is 11.5. The van der Waals surface area contributed by atoms with E-state index < -0.39 is 6.10 Å². The molecule has 0 amide bonds. The predicted octanol–water partition coefficient (Wildman–Crippen LogP) is 1.55. The molecule has 0 aliphatic heterocycles. The van der Waals surface area contributed by atoms with Crippen LogP contribution in [-0.4, -0.2) is 12.2 Å². The number of aliphatic hydroxyl groups excluding tert-OH is 1. The van der Waals surface area contributed by atoms with Gasteiger partial charge in [-0.3, -0.25) is 0 Å². The standard InChI is InChI=1S/C15H18NO2.ClH2/c1-12(17)14-8-15(18-2)11-16(10-14)9-13-6-4-3-5-7-13;/h3-8,10-12,17H,9H2,1-2H3;1H2/q2*+1. The van der Waals surface area contributed by atoms with Gasteiger partial charge >= 0.3 is 0 Å². The number of rotatable bonds is 4. The summed E-state index contributed by atoms with van der Waals surface area (Å²) in [6.45, 7) is 2.51. The third-order valence-corrected chi connectivity index (χ3v) is 2.84. The number of hydrogen-bond acceptors (Lipinski definition) is 2. The molecular weight excluding hydrogens is 262 g/mol. The Hall–Kier alpha value is -1.58. The molecule has 4 heteroatoms. The molecule has 0 bridgehead atoms. The molecule has 1 atom stereocenters. The largest absolute Gasteiger partial charge is 0.491 e. The quantitative estimate of drug-likeness (QED) is 0.863. The molecule has 1 aromatic carbocycles. The van der Waals surface area contributed by atoms with Crippen molar-refractivity contribution in [1.82, 2.24) is 0 Å². The van der Waals surface area contributed by atoms with Crippen LogP contribution in [0, 0.1) is 12.4 Å². The molecule has 0 saturated heterocycles. The number of aliphatic hydroxyl groups is 1. The monoisotopic (exact) mass is 281 g/mol. The van der Waals surface area contributed by atoms with Crippen molar-refractivity contribution in [2.75, 3.05) is 7.11 Å². The van der Waals surface area contributed by atoms with E-state index in [0.29, 0.717) is 0 Å². The third-order valence-electron chi connectivity index (χ3n) is 2.84. The molecule has 0 radical (unpaired) electrons. The van der Waals surface area contributed by atoms with E-state index in [0.717, 1.165) is 17.9 Å². The molecule has 1 heterocycles. The summed E-state index contributed by atoms with van der Waals surface area (Å²) in [5.74, 6) is 0.754. The number of methoxy groups -OCH3 is 1. The van der Waals surface area contributed by atoms with E-state index in [1.807, 2.05) is 41.2 Å². The Morgan fingerprint density at radius 3 is 2.47 bits per heavy atom. The van der Waals surface area contributed by atoms with Gasteiger partial charge in [-0.05, 0) is 13.0 Å². The summed E-state index contributed by atoms with van der Waals surface area (Å²) in [6, 6.07) is 12.0. The van der Waals surface area contributed by atoms with Gasteiger partial charge in [0.05, 0.1) is 25.6 Å². The summed E-state index contributed by atoms with van der Waals surface area (Å²) in [5.41, 5.74) is 2.07. The van der Waals surface area contributed by atoms with Crippen molar-refractivity contribution < 1.29 is 26.8 Å². The summed E-state index contributed by atoms with van der Waals surface area (Å²) < 4.78 is 7.28. The Morgan fingerprint density at radius 2 is 1.89 bits per heavy atom. The minimum absolute atomic E-state index is 0. The molecule has 0 spiro atoms. The van der Waals surface area contributed by atoms with Gasteiger partial charge in [0.2, 0.25) is 6.20 Å². The summed E-state index contributed by atoms with van der Waals surface area (Å²) in [7, 11) is 1.63. The first-order chi connectivity index (χ1) is 8.69. The van der Waals surface area contributed by atoms with Crippen LogP contribution in [0.2, 0.25) is 0 Å². The van der Waals surface area contributed by atoms with Crippen molar-refractivity contribution in [2.24, 2.45) is 0 Å². The fourth-order valence-corrected chi connectivity index (χ4v) is 1.86. The Labute approximate surface area is 119 Å². The van der Waals surface area contributed by atoms with Crippen LogP contribution in [0.3, 0.4) is 0 Å². The Morgan fingerprint density at radius 1 is 1.21 bits per heavy atom. The highest BCUT2D eigenvalue weighted by atomic mass is 35.5. The number of benzene rings is 1. The molecule has 0 fully saturated rings. The number of halogens is 1. The van der Waals surface area contributed by atoms with Crippen molar-refractivity contribution in [3.63, 3.8) is 0 Å². The molecular formula is C15H20ClNO2+2. The van der Waals surface area contributed by atoms with Crippen molar-refractivity contribution in [3.8, 4) is 5.75 Å². The molecule has 0 aliphatic carbocycles. The number of ether oxygens (including phenoxy) is 1. The van der Waals surface area contributed by atoms with Crippen LogP contribution in [0.5, 0.6) is 5.75 Å². The lowest BCUT2D eigenvalue weighted by Gasteiger charge is -2.06. The lowest BCUT2D eigenvalue weighted by molar-refractivity contribution is -0.689. The third kappa shape index (κ3) is 4.23. The minimum Gasteiger partial charge on any atom is -0.491 e. The minimum atomic E-state index is -0.498. The van der Waals surface area contributed by atoms with E-state index in [2.05, 4.69) is 12.1 Å².